The zero-order valence-electron chi connectivity index (χ0n) is 16.2. The van der Waals surface area contributed by atoms with Gasteiger partial charge in [-0.2, -0.15) is 0 Å². The fourth-order valence-electron chi connectivity index (χ4n) is 4.43. The van der Waals surface area contributed by atoms with Crippen molar-refractivity contribution in [3.8, 4) is 0 Å². The number of nitrogens with one attached hydrogen (secondary N) is 2. The average Bonchev–Trinajstić information content (AvgIpc) is 3.32. The third-order valence-electron chi connectivity index (χ3n) is 5.93. The van der Waals surface area contributed by atoms with E-state index >= 15 is 0 Å². The van der Waals surface area contributed by atoms with E-state index in [9.17, 15) is 4.39 Å². The molecule has 2 fully saturated rings. The van der Waals surface area contributed by atoms with Gasteiger partial charge in [-0.1, -0.05) is 12.1 Å². The van der Waals surface area contributed by atoms with Crippen LogP contribution in [0.1, 0.15) is 27.8 Å². The van der Waals surface area contributed by atoms with Gasteiger partial charge in [-0.3, -0.25) is 0 Å². The van der Waals surface area contributed by atoms with Crippen molar-refractivity contribution < 1.29 is 4.39 Å². The molecule has 4 nitrogen and oxygen atoms in total. The molecule has 1 aromatic heterocycles. The van der Waals surface area contributed by atoms with Crippen LogP contribution >= 0.6 is 11.3 Å². The molecule has 0 saturated carbocycles. The molecule has 2 aromatic rings. The lowest BCUT2D eigenvalue weighted by atomic mass is 10.0. The normalized spacial score (nSPS) is 24.7. The van der Waals surface area contributed by atoms with E-state index in [0.29, 0.717) is 13.0 Å². The summed E-state index contributed by atoms with van der Waals surface area (Å²) >= 11 is 1.80. The van der Waals surface area contributed by atoms with Crippen LogP contribution in [-0.2, 0) is 0 Å². The smallest absolute Gasteiger partial charge is 0.119 e. The maximum atomic E-state index is 13.9. The molecule has 3 aliphatic heterocycles. The second kappa shape index (κ2) is 7.41. The highest BCUT2D eigenvalue weighted by atomic mass is 32.1. The molecule has 2 saturated heterocycles. The minimum absolute atomic E-state index is 0.118. The predicted octanol–water partition coefficient (Wildman–Crippen LogP) is 4.02. The standard InChI is InChI=1S/C22H27FN4S/c1-15-12-20-22(28-15)21(27-9-6-17(23)14-27)13-19(25-20)16-2-4-18(5-3-16)26-10-7-24-8-11-26/h2-5,12-13,17,19,24-25H,6-11,14H2,1H3. The Morgan fingerprint density at radius 1 is 1.07 bits per heavy atom. The van der Waals surface area contributed by atoms with Crippen LogP contribution < -0.4 is 15.5 Å². The van der Waals surface area contributed by atoms with Gasteiger partial charge in [-0.25, -0.2) is 4.39 Å². The summed E-state index contributed by atoms with van der Waals surface area (Å²) in [4.78, 5) is 7.19. The second-order valence-corrected chi connectivity index (χ2v) is 9.19. The number of alkyl halides is 1. The number of halogens is 1. The highest BCUT2D eigenvalue weighted by molar-refractivity contribution is 7.13. The number of hydrogen-bond donors (Lipinski definition) is 2. The lowest BCUT2D eigenvalue weighted by Gasteiger charge is -2.31. The van der Waals surface area contributed by atoms with E-state index in [-0.39, 0.29) is 6.04 Å². The third-order valence-corrected chi connectivity index (χ3v) is 7.00. The monoisotopic (exact) mass is 398 g/mol. The maximum Gasteiger partial charge on any atom is 0.119 e. The maximum absolute atomic E-state index is 13.9. The number of hydrogen-bond acceptors (Lipinski definition) is 5. The van der Waals surface area contributed by atoms with Crippen molar-refractivity contribution in [3.05, 3.63) is 51.7 Å². The number of benzene rings is 1. The molecule has 0 amide bonds. The van der Waals surface area contributed by atoms with Gasteiger partial charge in [0.2, 0.25) is 0 Å². The molecule has 0 bridgehead atoms. The fraction of sp³-hybridized carbons (Fsp3) is 0.455. The van der Waals surface area contributed by atoms with Crippen molar-refractivity contribution in [1.29, 1.82) is 0 Å². The Balaban J connectivity index is 1.43. The number of nitrogens with zero attached hydrogens (tertiary/aromatic N) is 2. The molecule has 2 N–H and O–H groups in total. The molecule has 2 atom stereocenters. The van der Waals surface area contributed by atoms with Crippen LogP contribution in [0.4, 0.5) is 15.8 Å². The van der Waals surface area contributed by atoms with Gasteiger partial charge < -0.3 is 20.4 Å². The topological polar surface area (TPSA) is 30.5 Å². The Morgan fingerprint density at radius 2 is 1.86 bits per heavy atom. The molecule has 148 valence electrons. The summed E-state index contributed by atoms with van der Waals surface area (Å²) in [6.07, 6.45) is 2.21. The van der Waals surface area contributed by atoms with E-state index in [1.807, 2.05) is 0 Å². The van der Waals surface area contributed by atoms with Gasteiger partial charge in [0.1, 0.15) is 6.17 Å². The first-order valence-corrected chi connectivity index (χ1v) is 11.0. The molecule has 5 rings (SSSR count). The molecule has 6 heteroatoms. The quantitative estimate of drug-likeness (QED) is 0.818. The van der Waals surface area contributed by atoms with Crippen LogP contribution in [0.15, 0.2) is 36.4 Å². The fourth-order valence-corrected chi connectivity index (χ4v) is 5.46. The van der Waals surface area contributed by atoms with Crippen molar-refractivity contribution in [3.63, 3.8) is 0 Å². The molecule has 3 aliphatic rings. The summed E-state index contributed by atoms with van der Waals surface area (Å²) in [5, 5.41) is 7.09. The Bertz CT molecular complexity index is 869. The largest absolute Gasteiger partial charge is 0.373 e. The lowest BCUT2D eigenvalue weighted by Crippen LogP contribution is -2.43. The molecular weight excluding hydrogens is 371 g/mol. The Labute approximate surface area is 170 Å². The van der Waals surface area contributed by atoms with E-state index in [0.717, 1.165) is 32.7 Å². The highest BCUT2D eigenvalue weighted by Gasteiger charge is 2.30. The SMILES string of the molecule is Cc1cc2c(s1)C(N1CCC(F)C1)=CC(c1ccc(N3CCNCC3)cc1)N2. The molecule has 1 aromatic carbocycles. The highest BCUT2D eigenvalue weighted by Crippen LogP contribution is 2.43. The van der Waals surface area contributed by atoms with Crippen molar-refractivity contribution in [2.75, 3.05) is 49.5 Å². The molecule has 0 radical (unpaired) electrons. The van der Waals surface area contributed by atoms with Crippen LogP contribution in [0.2, 0.25) is 0 Å². The van der Waals surface area contributed by atoms with E-state index in [2.05, 4.69) is 63.8 Å². The van der Waals surface area contributed by atoms with Gasteiger partial charge in [0.15, 0.2) is 0 Å². The number of rotatable bonds is 3. The average molecular weight is 399 g/mol. The van der Waals surface area contributed by atoms with Gasteiger partial charge >= 0.3 is 0 Å². The number of anilines is 2. The van der Waals surface area contributed by atoms with Crippen molar-refractivity contribution in [2.45, 2.75) is 25.6 Å². The Kier molecular flexibility index (Phi) is 4.77. The van der Waals surface area contributed by atoms with Crippen LogP contribution in [0.5, 0.6) is 0 Å². The molecule has 2 unspecified atom stereocenters. The van der Waals surface area contributed by atoms with Crippen molar-refractivity contribution >= 4 is 28.4 Å². The summed E-state index contributed by atoms with van der Waals surface area (Å²) in [5.41, 5.74) is 4.92. The number of aryl methyl sites for hydroxylation is 1. The minimum atomic E-state index is -0.711. The molecule has 0 spiro atoms. The second-order valence-electron chi connectivity index (χ2n) is 7.93. The Hall–Kier alpha value is -2.05. The third kappa shape index (κ3) is 3.40. The van der Waals surface area contributed by atoms with Crippen molar-refractivity contribution in [1.82, 2.24) is 10.2 Å². The minimum Gasteiger partial charge on any atom is -0.373 e. The molecule has 4 heterocycles. The predicted molar refractivity (Wildman–Crippen MR) is 116 cm³/mol. The van der Waals surface area contributed by atoms with E-state index in [4.69, 9.17) is 0 Å². The van der Waals surface area contributed by atoms with Crippen LogP contribution in [0.25, 0.3) is 5.70 Å². The first kappa shape index (κ1) is 18.0. The summed E-state index contributed by atoms with van der Waals surface area (Å²) in [7, 11) is 0. The van der Waals surface area contributed by atoms with Crippen LogP contribution in [-0.4, -0.2) is 50.3 Å². The van der Waals surface area contributed by atoms with Crippen LogP contribution in [0.3, 0.4) is 0 Å². The Morgan fingerprint density at radius 3 is 2.57 bits per heavy atom. The van der Waals surface area contributed by atoms with Gasteiger partial charge in [0.25, 0.3) is 0 Å². The van der Waals surface area contributed by atoms with Crippen molar-refractivity contribution in [2.24, 2.45) is 0 Å². The number of fused-ring (bicyclic) bond motifs is 1. The number of thiophene rings is 1. The first-order valence-electron chi connectivity index (χ1n) is 10.2. The zero-order chi connectivity index (χ0) is 19.1. The number of piperazine rings is 1. The zero-order valence-corrected chi connectivity index (χ0v) is 17.1. The van der Waals surface area contributed by atoms with E-state index < -0.39 is 6.17 Å². The number of likely N-dealkylation sites (tertiary alicyclic amines) is 1. The molecule has 28 heavy (non-hydrogen) atoms. The van der Waals surface area contributed by atoms with Gasteiger partial charge in [0, 0.05) is 49.8 Å². The summed E-state index contributed by atoms with van der Waals surface area (Å²) in [6.45, 7) is 7.66. The van der Waals surface area contributed by atoms with Gasteiger partial charge in [-0.15, -0.1) is 11.3 Å². The molecular formula is C22H27FN4S. The summed E-state index contributed by atoms with van der Waals surface area (Å²) in [5.74, 6) is 0. The van der Waals surface area contributed by atoms with E-state index in [1.165, 1.54) is 32.4 Å². The summed E-state index contributed by atoms with van der Waals surface area (Å²) in [6, 6.07) is 11.3. The van der Waals surface area contributed by atoms with Gasteiger partial charge in [-0.05, 0) is 43.2 Å². The van der Waals surface area contributed by atoms with Gasteiger partial charge in [0.05, 0.1) is 22.3 Å². The molecule has 0 aliphatic carbocycles. The first-order chi connectivity index (χ1) is 13.7. The summed E-state index contributed by atoms with van der Waals surface area (Å²) < 4.78 is 13.9. The van der Waals surface area contributed by atoms with Crippen LogP contribution in [0, 0.1) is 6.92 Å². The lowest BCUT2D eigenvalue weighted by molar-refractivity contribution is 0.338. The van der Waals surface area contributed by atoms with E-state index in [1.54, 1.807) is 11.3 Å².